The Bertz CT molecular complexity index is 64.3. The minimum Gasteiger partial charge on any atom is -0.389 e. The molecule has 0 aliphatic carbocycles. The zero-order valence-corrected chi connectivity index (χ0v) is 3.99. The molecule has 1 heteroatoms. The smallest absolute Gasteiger partial charge is 0.0258 e. The molecular formula is C5H9N. The summed E-state index contributed by atoms with van der Waals surface area (Å²) >= 11 is 0. The van der Waals surface area contributed by atoms with Crippen LogP contribution in [-0.2, 0) is 0 Å². The van der Waals surface area contributed by atoms with Gasteiger partial charge in [-0.1, -0.05) is 13.2 Å². The van der Waals surface area contributed by atoms with E-state index in [0.29, 0.717) is 0 Å². The average molecular weight is 83.1 g/mol. The van der Waals surface area contributed by atoms with Crippen LogP contribution in [0.3, 0.4) is 0 Å². The number of likely N-dealkylation sites (N-methyl/N-ethyl adjacent to an activating group) is 1. The number of hydrogen-bond acceptors (Lipinski definition) is 1. The maximum absolute atomic E-state index is 3.56. The molecule has 0 rings (SSSR count). The molecule has 0 atom stereocenters. The van der Waals surface area contributed by atoms with Crippen LogP contribution in [0.4, 0.5) is 0 Å². The Morgan fingerprint density at radius 2 is 2.33 bits per heavy atom. The van der Waals surface area contributed by atoms with Crippen molar-refractivity contribution in [3.63, 3.8) is 0 Å². The van der Waals surface area contributed by atoms with Crippen LogP contribution in [0.15, 0.2) is 24.9 Å². The Labute approximate surface area is 38.4 Å². The van der Waals surface area contributed by atoms with Gasteiger partial charge in [0.1, 0.15) is 0 Å². The highest BCUT2D eigenvalue weighted by Gasteiger charge is 1.68. The van der Waals surface area contributed by atoms with Crippen molar-refractivity contribution in [3.05, 3.63) is 24.9 Å². The van der Waals surface area contributed by atoms with Crippen LogP contribution in [0, 0.1) is 0 Å². The topological polar surface area (TPSA) is 12.0 Å². The lowest BCUT2D eigenvalue weighted by Gasteiger charge is -1.90. The summed E-state index contributed by atoms with van der Waals surface area (Å²) in [4.78, 5) is 0. The lowest BCUT2D eigenvalue weighted by molar-refractivity contribution is 1.04. The first-order valence-corrected chi connectivity index (χ1v) is 1.80. The molecule has 0 aliphatic heterocycles. The van der Waals surface area contributed by atoms with E-state index in [1.54, 1.807) is 6.08 Å². The largest absolute Gasteiger partial charge is 0.389 e. The molecule has 0 saturated carbocycles. The highest BCUT2D eigenvalue weighted by molar-refractivity contribution is 5.06. The molecule has 0 amide bonds. The fourth-order valence-electron chi connectivity index (χ4n) is 0.102. The van der Waals surface area contributed by atoms with E-state index in [0.717, 1.165) is 5.70 Å². The molecule has 0 spiro atoms. The third-order valence-electron chi connectivity index (χ3n) is 0.568. The van der Waals surface area contributed by atoms with E-state index < -0.39 is 0 Å². The molecule has 0 aromatic rings. The molecule has 0 aromatic heterocycles. The van der Waals surface area contributed by atoms with Gasteiger partial charge in [0, 0.05) is 12.7 Å². The van der Waals surface area contributed by atoms with E-state index in [4.69, 9.17) is 0 Å². The highest BCUT2D eigenvalue weighted by atomic mass is 14.8. The normalized spacial score (nSPS) is 6.83. The zero-order chi connectivity index (χ0) is 4.99. The van der Waals surface area contributed by atoms with Gasteiger partial charge in [-0.15, -0.1) is 0 Å². The summed E-state index contributed by atoms with van der Waals surface area (Å²) in [7, 11) is 1.81. The van der Waals surface area contributed by atoms with E-state index in [2.05, 4.69) is 18.5 Å². The molecule has 0 aromatic carbocycles. The van der Waals surface area contributed by atoms with Gasteiger partial charge in [0.2, 0.25) is 0 Å². The molecule has 0 bridgehead atoms. The Balaban J connectivity index is 3.23. The quantitative estimate of drug-likeness (QED) is 0.489. The molecule has 0 unspecified atom stereocenters. The summed E-state index contributed by atoms with van der Waals surface area (Å²) in [5.41, 5.74) is 0.856. The monoisotopic (exact) mass is 83.1 g/mol. The Hall–Kier alpha value is -0.720. The van der Waals surface area contributed by atoms with Gasteiger partial charge < -0.3 is 5.32 Å². The molecule has 0 radical (unpaired) electrons. The Kier molecular flexibility index (Phi) is 2.21. The minimum atomic E-state index is 0.856. The van der Waals surface area contributed by atoms with Gasteiger partial charge in [-0.3, -0.25) is 0 Å². The van der Waals surface area contributed by atoms with Crippen LogP contribution in [0.25, 0.3) is 0 Å². The maximum atomic E-state index is 3.56. The van der Waals surface area contributed by atoms with Crippen LogP contribution in [0.1, 0.15) is 0 Å². The number of rotatable bonds is 2. The highest BCUT2D eigenvalue weighted by Crippen LogP contribution is 1.76. The maximum Gasteiger partial charge on any atom is 0.0258 e. The van der Waals surface area contributed by atoms with E-state index in [1.165, 1.54) is 0 Å². The molecular weight excluding hydrogens is 74.1 g/mol. The lowest BCUT2D eigenvalue weighted by atomic mass is 10.5. The molecule has 0 saturated heterocycles. The second kappa shape index (κ2) is 2.51. The summed E-state index contributed by atoms with van der Waals surface area (Å²) < 4.78 is 0. The van der Waals surface area contributed by atoms with Crippen molar-refractivity contribution in [2.75, 3.05) is 7.05 Å². The van der Waals surface area contributed by atoms with E-state index in [-0.39, 0.29) is 0 Å². The molecule has 6 heavy (non-hydrogen) atoms. The minimum absolute atomic E-state index is 0.856. The van der Waals surface area contributed by atoms with Gasteiger partial charge in [0.15, 0.2) is 0 Å². The SMILES string of the molecule is C=CC(=C)NC. The fraction of sp³-hybridized carbons (Fsp3) is 0.200. The van der Waals surface area contributed by atoms with Gasteiger partial charge in [-0.05, 0) is 6.08 Å². The van der Waals surface area contributed by atoms with Gasteiger partial charge >= 0.3 is 0 Å². The standard InChI is InChI=1S/C5H9N/c1-4-5(2)6-3/h4,6H,1-2H2,3H3. The van der Waals surface area contributed by atoms with Crippen molar-refractivity contribution in [3.8, 4) is 0 Å². The second-order valence-electron chi connectivity index (χ2n) is 0.979. The van der Waals surface area contributed by atoms with E-state index >= 15 is 0 Å². The second-order valence-corrected chi connectivity index (χ2v) is 0.979. The van der Waals surface area contributed by atoms with Gasteiger partial charge in [-0.25, -0.2) is 0 Å². The third-order valence-corrected chi connectivity index (χ3v) is 0.568. The summed E-state index contributed by atoms with van der Waals surface area (Å²) in [5, 5.41) is 2.80. The van der Waals surface area contributed by atoms with Gasteiger partial charge in [0.05, 0.1) is 0 Å². The van der Waals surface area contributed by atoms with Crippen molar-refractivity contribution < 1.29 is 0 Å². The molecule has 34 valence electrons. The number of nitrogens with one attached hydrogen (secondary N) is 1. The summed E-state index contributed by atoms with van der Waals surface area (Å²) in [6.07, 6.45) is 1.67. The number of allylic oxidation sites excluding steroid dienone is 1. The predicted octanol–water partition coefficient (Wildman–Crippen LogP) is 0.905. The van der Waals surface area contributed by atoms with Crippen LogP contribution in [0.2, 0.25) is 0 Å². The third kappa shape index (κ3) is 1.58. The van der Waals surface area contributed by atoms with Crippen molar-refractivity contribution in [1.82, 2.24) is 5.32 Å². The molecule has 1 N–H and O–H groups in total. The first-order valence-electron chi connectivity index (χ1n) is 1.80. The van der Waals surface area contributed by atoms with Crippen LogP contribution < -0.4 is 5.32 Å². The molecule has 0 heterocycles. The summed E-state index contributed by atoms with van der Waals surface area (Å²) in [6.45, 7) is 7.03. The van der Waals surface area contributed by atoms with Gasteiger partial charge in [-0.2, -0.15) is 0 Å². The first-order chi connectivity index (χ1) is 2.81. The predicted molar refractivity (Wildman–Crippen MR) is 28.4 cm³/mol. The van der Waals surface area contributed by atoms with E-state index in [9.17, 15) is 0 Å². The summed E-state index contributed by atoms with van der Waals surface area (Å²) in [5.74, 6) is 0. The van der Waals surface area contributed by atoms with Crippen LogP contribution >= 0.6 is 0 Å². The zero-order valence-electron chi connectivity index (χ0n) is 3.99. The molecule has 1 nitrogen and oxygen atoms in total. The molecule has 0 fully saturated rings. The average Bonchev–Trinajstić information content (AvgIpc) is 1.65. The van der Waals surface area contributed by atoms with Crippen LogP contribution in [0.5, 0.6) is 0 Å². The Morgan fingerprint density at radius 1 is 1.83 bits per heavy atom. The fourth-order valence-corrected chi connectivity index (χ4v) is 0.102. The van der Waals surface area contributed by atoms with Crippen molar-refractivity contribution in [2.24, 2.45) is 0 Å². The Morgan fingerprint density at radius 3 is 2.33 bits per heavy atom. The first kappa shape index (κ1) is 5.28. The number of hydrogen-bond donors (Lipinski definition) is 1. The molecule has 0 aliphatic rings. The van der Waals surface area contributed by atoms with Crippen molar-refractivity contribution in [2.45, 2.75) is 0 Å². The lowest BCUT2D eigenvalue weighted by Crippen LogP contribution is -1.99. The summed E-state index contributed by atoms with van der Waals surface area (Å²) in [6, 6.07) is 0. The van der Waals surface area contributed by atoms with Crippen molar-refractivity contribution in [1.29, 1.82) is 0 Å². The van der Waals surface area contributed by atoms with Gasteiger partial charge in [0.25, 0.3) is 0 Å². The van der Waals surface area contributed by atoms with E-state index in [1.807, 2.05) is 7.05 Å². The van der Waals surface area contributed by atoms with Crippen LogP contribution in [-0.4, -0.2) is 7.05 Å². The van der Waals surface area contributed by atoms with Crippen molar-refractivity contribution >= 4 is 0 Å².